The summed E-state index contributed by atoms with van der Waals surface area (Å²) in [4.78, 5) is 2.35. The minimum Gasteiger partial charge on any atom is -1.00 e. The molecular formula is C17H21BrNO3-. The third kappa shape index (κ3) is 2.10. The Labute approximate surface area is 141 Å². The van der Waals surface area contributed by atoms with E-state index in [9.17, 15) is 5.11 Å². The molecule has 1 aromatic carbocycles. The van der Waals surface area contributed by atoms with Crippen LogP contribution in [0.15, 0.2) is 24.3 Å². The maximum Gasteiger partial charge on any atom is 0.166 e. The number of ether oxygens (including phenoxy) is 2. The lowest BCUT2D eigenvalue weighted by atomic mass is 9.69. The summed E-state index contributed by atoms with van der Waals surface area (Å²) in [5.41, 5.74) is 2.48. The fraction of sp³-hybridized carbons (Fsp3) is 0.529. The first-order chi connectivity index (χ1) is 10.1. The molecule has 0 fully saturated rings. The summed E-state index contributed by atoms with van der Waals surface area (Å²) in [6.45, 7) is 1.96. The second-order valence-corrected chi connectivity index (χ2v) is 6.43. The van der Waals surface area contributed by atoms with Gasteiger partial charge in [-0.2, -0.15) is 0 Å². The number of hydrogen-bond acceptors (Lipinski definition) is 4. The molecule has 1 N–H and O–H groups in total. The molecule has 3 aliphatic rings. The summed E-state index contributed by atoms with van der Waals surface area (Å²) in [6.07, 6.45) is 5.38. The zero-order valence-electron chi connectivity index (χ0n) is 12.9. The Morgan fingerprint density at radius 2 is 2.23 bits per heavy atom. The molecule has 1 aliphatic carbocycles. The number of hydrogen-bond donors (Lipinski definition) is 1. The van der Waals surface area contributed by atoms with Crippen LogP contribution in [-0.2, 0) is 12.0 Å². The van der Waals surface area contributed by atoms with E-state index in [1.807, 2.05) is 12.1 Å². The van der Waals surface area contributed by atoms with Crippen molar-refractivity contribution < 1.29 is 31.6 Å². The molecule has 0 saturated carbocycles. The number of aliphatic hydroxyl groups is 1. The van der Waals surface area contributed by atoms with Crippen molar-refractivity contribution in [1.29, 1.82) is 0 Å². The smallest absolute Gasteiger partial charge is 0.166 e. The molecule has 0 radical (unpaired) electrons. The molecular weight excluding hydrogens is 346 g/mol. The van der Waals surface area contributed by atoms with Gasteiger partial charge in [-0.05, 0) is 31.6 Å². The molecule has 0 amide bonds. The summed E-state index contributed by atoms with van der Waals surface area (Å²) in [6, 6.07) is 4.16. The van der Waals surface area contributed by atoms with Crippen LogP contribution in [0.1, 0.15) is 24.0 Å². The highest BCUT2D eigenvalue weighted by Gasteiger charge is 2.52. The molecule has 4 nitrogen and oxygen atoms in total. The maximum atomic E-state index is 9.97. The second kappa shape index (κ2) is 5.55. The molecule has 22 heavy (non-hydrogen) atoms. The SMILES string of the molecule is COc1ccc2c3c1OC1CC(O)C=CC31CCN(C)C2.[Br-]. The Hall–Kier alpha value is -1.04. The van der Waals surface area contributed by atoms with Crippen molar-refractivity contribution in [3.63, 3.8) is 0 Å². The van der Waals surface area contributed by atoms with Crippen LogP contribution >= 0.6 is 0 Å². The van der Waals surface area contributed by atoms with Gasteiger partial charge >= 0.3 is 0 Å². The number of methoxy groups -OCH3 is 1. The van der Waals surface area contributed by atoms with E-state index in [-0.39, 0.29) is 28.5 Å². The molecule has 2 aliphatic heterocycles. The van der Waals surface area contributed by atoms with Crippen LogP contribution in [0, 0.1) is 0 Å². The van der Waals surface area contributed by atoms with Crippen molar-refractivity contribution in [3.05, 3.63) is 35.4 Å². The van der Waals surface area contributed by atoms with E-state index < -0.39 is 6.10 Å². The molecule has 0 aromatic heterocycles. The topological polar surface area (TPSA) is 41.9 Å². The third-order valence-corrected chi connectivity index (χ3v) is 5.15. The second-order valence-electron chi connectivity index (χ2n) is 6.43. The lowest BCUT2D eigenvalue weighted by Crippen LogP contribution is -3.00. The van der Waals surface area contributed by atoms with Crippen molar-refractivity contribution in [2.75, 3.05) is 20.7 Å². The van der Waals surface area contributed by atoms with Gasteiger partial charge in [-0.3, -0.25) is 0 Å². The van der Waals surface area contributed by atoms with E-state index in [4.69, 9.17) is 9.47 Å². The van der Waals surface area contributed by atoms with Crippen molar-refractivity contribution in [2.24, 2.45) is 0 Å². The standard InChI is InChI=1S/C17H21NO3.BrH/c1-18-8-7-17-6-5-12(19)9-14(17)21-16-13(20-2)4-3-11(10-18)15(16)17;/h3-6,12,14,19H,7-10H2,1-2H3;1H/p-1. The first-order valence-electron chi connectivity index (χ1n) is 7.57. The van der Waals surface area contributed by atoms with Gasteiger partial charge in [0.2, 0.25) is 0 Å². The number of aliphatic hydroxyl groups excluding tert-OH is 1. The minimum absolute atomic E-state index is 0. The summed E-state index contributed by atoms with van der Waals surface area (Å²) >= 11 is 0. The average Bonchev–Trinajstić information content (AvgIpc) is 2.72. The summed E-state index contributed by atoms with van der Waals surface area (Å²) in [5.74, 6) is 1.68. The monoisotopic (exact) mass is 366 g/mol. The summed E-state index contributed by atoms with van der Waals surface area (Å²) < 4.78 is 11.8. The van der Waals surface area contributed by atoms with E-state index in [1.165, 1.54) is 11.1 Å². The predicted octanol–water partition coefficient (Wildman–Crippen LogP) is -1.15. The largest absolute Gasteiger partial charge is 1.00 e. The van der Waals surface area contributed by atoms with Gasteiger partial charge in [-0.1, -0.05) is 18.2 Å². The summed E-state index contributed by atoms with van der Waals surface area (Å²) in [5, 5.41) is 9.97. The number of halogens is 1. The molecule has 120 valence electrons. The van der Waals surface area contributed by atoms with Crippen LogP contribution in [0.4, 0.5) is 0 Å². The molecule has 1 aromatic rings. The van der Waals surface area contributed by atoms with Crippen LogP contribution in [0.3, 0.4) is 0 Å². The van der Waals surface area contributed by atoms with Crippen LogP contribution < -0.4 is 26.5 Å². The Morgan fingerprint density at radius 1 is 1.41 bits per heavy atom. The fourth-order valence-electron chi connectivity index (χ4n) is 4.08. The molecule has 5 heteroatoms. The van der Waals surface area contributed by atoms with E-state index in [1.54, 1.807) is 7.11 Å². The van der Waals surface area contributed by atoms with Gasteiger partial charge in [0, 0.05) is 18.5 Å². The van der Waals surface area contributed by atoms with Crippen LogP contribution in [0.2, 0.25) is 0 Å². The zero-order valence-corrected chi connectivity index (χ0v) is 14.5. The third-order valence-electron chi connectivity index (χ3n) is 5.15. The van der Waals surface area contributed by atoms with Crippen molar-refractivity contribution in [3.8, 4) is 11.5 Å². The van der Waals surface area contributed by atoms with Crippen molar-refractivity contribution in [1.82, 2.24) is 4.90 Å². The number of rotatable bonds is 1. The molecule has 0 bridgehead atoms. The van der Waals surface area contributed by atoms with E-state index in [2.05, 4.69) is 24.1 Å². The van der Waals surface area contributed by atoms with Gasteiger partial charge < -0.3 is 36.5 Å². The van der Waals surface area contributed by atoms with Gasteiger partial charge in [0.15, 0.2) is 11.5 Å². The van der Waals surface area contributed by atoms with E-state index in [0.717, 1.165) is 31.0 Å². The van der Waals surface area contributed by atoms with E-state index >= 15 is 0 Å². The van der Waals surface area contributed by atoms with Gasteiger partial charge in [-0.15, -0.1) is 0 Å². The molecule has 4 rings (SSSR count). The highest BCUT2D eigenvalue weighted by atomic mass is 79.9. The first-order valence-corrected chi connectivity index (χ1v) is 7.57. The minimum atomic E-state index is -0.412. The van der Waals surface area contributed by atoms with Gasteiger partial charge in [0.25, 0.3) is 0 Å². The Bertz CT molecular complexity index is 618. The van der Waals surface area contributed by atoms with Gasteiger partial charge in [-0.25, -0.2) is 0 Å². The Balaban J connectivity index is 0.00000144. The van der Waals surface area contributed by atoms with Crippen molar-refractivity contribution >= 4 is 0 Å². The molecule has 2 heterocycles. The van der Waals surface area contributed by atoms with E-state index in [0.29, 0.717) is 6.42 Å². The normalized spacial score (nSPS) is 32.3. The Kier molecular flexibility index (Phi) is 4.00. The quantitative estimate of drug-likeness (QED) is 0.637. The lowest BCUT2D eigenvalue weighted by Gasteiger charge is -2.35. The fourth-order valence-corrected chi connectivity index (χ4v) is 4.08. The molecule has 3 atom stereocenters. The Morgan fingerprint density at radius 3 is 3.00 bits per heavy atom. The summed E-state index contributed by atoms with van der Waals surface area (Å²) in [7, 11) is 3.84. The van der Waals surface area contributed by atoms with Crippen LogP contribution in [0.25, 0.3) is 0 Å². The molecule has 3 unspecified atom stereocenters. The van der Waals surface area contributed by atoms with Crippen molar-refractivity contribution in [2.45, 2.75) is 37.0 Å². The maximum absolute atomic E-state index is 9.97. The zero-order chi connectivity index (χ0) is 14.6. The van der Waals surface area contributed by atoms with Gasteiger partial charge in [0.1, 0.15) is 6.10 Å². The predicted molar refractivity (Wildman–Crippen MR) is 79.8 cm³/mol. The highest BCUT2D eigenvalue weighted by Crippen LogP contribution is 2.55. The average molecular weight is 367 g/mol. The molecule has 1 spiro atoms. The molecule has 0 saturated heterocycles. The highest BCUT2D eigenvalue weighted by molar-refractivity contribution is 5.60. The number of benzene rings is 1. The lowest BCUT2D eigenvalue weighted by molar-refractivity contribution is -0.00000856. The first kappa shape index (κ1) is 15.8. The van der Waals surface area contributed by atoms with Crippen LogP contribution in [-0.4, -0.2) is 42.9 Å². The van der Waals surface area contributed by atoms with Crippen LogP contribution in [0.5, 0.6) is 11.5 Å². The number of nitrogens with zero attached hydrogens (tertiary/aromatic N) is 1. The van der Waals surface area contributed by atoms with Gasteiger partial charge in [0.05, 0.1) is 18.6 Å².